The second-order valence-corrected chi connectivity index (χ2v) is 5.74. The van der Waals surface area contributed by atoms with Gasteiger partial charge in [0.15, 0.2) is 0 Å². The fourth-order valence-corrected chi connectivity index (χ4v) is 2.68. The minimum absolute atomic E-state index is 0.0452. The highest BCUT2D eigenvalue weighted by molar-refractivity contribution is 5.94. The summed E-state index contributed by atoms with van der Waals surface area (Å²) in [5.74, 6) is -0.0452. The summed E-state index contributed by atoms with van der Waals surface area (Å²) >= 11 is 0. The van der Waals surface area contributed by atoms with Crippen molar-refractivity contribution in [3.8, 4) is 0 Å². The minimum atomic E-state index is -0.0452. The van der Waals surface area contributed by atoms with Crippen LogP contribution in [0.4, 0.5) is 0 Å². The number of hydrogen-bond donors (Lipinski definition) is 2. The Morgan fingerprint density at radius 2 is 1.96 bits per heavy atom. The number of nitrogens with zero attached hydrogens (tertiary/aromatic N) is 2. The van der Waals surface area contributed by atoms with E-state index in [0.717, 1.165) is 25.1 Å². The van der Waals surface area contributed by atoms with Crippen molar-refractivity contribution in [3.63, 3.8) is 0 Å². The Morgan fingerprint density at radius 3 is 2.52 bits per heavy atom. The predicted molar refractivity (Wildman–Crippen MR) is 92.6 cm³/mol. The van der Waals surface area contributed by atoms with Gasteiger partial charge in [-0.25, -0.2) is 0 Å². The van der Waals surface area contributed by atoms with Crippen molar-refractivity contribution >= 4 is 5.91 Å². The molecule has 0 fully saturated rings. The topological polar surface area (TPSA) is 72.9 Å². The largest absolute Gasteiger partial charge is 0.352 e. The predicted octanol–water partition coefficient (Wildman–Crippen LogP) is 2.19. The maximum Gasteiger partial charge on any atom is 0.251 e. The zero-order chi connectivity index (χ0) is 16.8. The van der Waals surface area contributed by atoms with Gasteiger partial charge in [0.05, 0.1) is 5.69 Å². The Kier molecular flexibility index (Phi) is 5.93. The van der Waals surface area contributed by atoms with Crippen molar-refractivity contribution < 1.29 is 4.79 Å². The van der Waals surface area contributed by atoms with Crippen LogP contribution < -0.4 is 11.1 Å². The van der Waals surface area contributed by atoms with Gasteiger partial charge in [0, 0.05) is 36.3 Å². The average Bonchev–Trinajstić information content (AvgIpc) is 2.83. The molecule has 0 aliphatic rings. The summed E-state index contributed by atoms with van der Waals surface area (Å²) in [5, 5.41) is 7.42. The molecule has 0 aliphatic heterocycles. The first-order chi connectivity index (χ1) is 11.1. The van der Waals surface area contributed by atoms with Crippen LogP contribution in [0.5, 0.6) is 0 Å². The molecule has 0 atom stereocenters. The van der Waals surface area contributed by atoms with Crippen molar-refractivity contribution in [2.24, 2.45) is 5.73 Å². The molecule has 5 heteroatoms. The lowest BCUT2D eigenvalue weighted by atomic mass is 10.0. The Hall–Kier alpha value is -2.14. The van der Waals surface area contributed by atoms with E-state index in [-0.39, 0.29) is 5.91 Å². The van der Waals surface area contributed by atoms with Crippen molar-refractivity contribution in [2.45, 2.75) is 40.2 Å². The zero-order valence-electron chi connectivity index (χ0n) is 14.2. The maximum atomic E-state index is 12.0. The van der Waals surface area contributed by atoms with Gasteiger partial charge in [-0.05, 0) is 51.4 Å². The monoisotopic (exact) mass is 314 g/mol. The summed E-state index contributed by atoms with van der Waals surface area (Å²) in [6.07, 6.45) is 1.64. The first-order valence-electron chi connectivity index (χ1n) is 8.16. The third-order valence-corrected chi connectivity index (χ3v) is 4.09. The van der Waals surface area contributed by atoms with E-state index in [1.807, 2.05) is 35.9 Å². The summed E-state index contributed by atoms with van der Waals surface area (Å²) in [7, 11) is 0. The maximum absolute atomic E-state index is 12.0. The van der Waals surface area contributed by atoms with Crippen LogP contribution in [0.15, 0.2) is 24.3 Å². The van der Waals surface area contributed by atoms with E-state index in [9.17, 15) is 4.79 Å². The molecule has 1 aromatic carbocycles. The SMILES string of the molecule is CCn1nc(C)c(Cc2ccc(C(=O)NCCCN)cc2)c1C. The lowest BCUT2D eigenvalue weighted by Gasteiger charge is -2.07. The van der Waals surface area contributed by atoms with Crippen LogP contribution in [0.2, 0.25) is 0 Å². The van der Waals surface area contributed by atoms with E-state index >= 15 is 0 Å². The normalized spacial score (nSPS) is 10.8. The van der Waals surface area contributed by atoms with Gasteiger partial charge in [0.25, 0.3) is 5.91 Å². The average molecular weight is 314 g/mol. The molecule has 0 saturated carbocycles. The van der Waals surface area contributed by atoms with E-state index in [4.69, 9.17) is 5.73 Å². The van der Waals surface area contributed by atoms with Gasteiger partial charge in [0.1, 0.15) is 0 Å². The number of nitrogens with two attached hydrogens (primary N) is 1. The lowest BCUT2D eigenvalue weighted by molar-refractivity contribution is 0.0953. The fourth-order valence-electron chi connectivity index (χ4n) is 2.68. The second-order valence-electron chi connectivity index (χ2n) is 5.74. The number of nitrogens with one attached hydrogen (secondary N) is 1. The van der Waals surface area contributed by atoms with Gasteiger partial charge in [-0.15, -0.1) is 0 Å². The number of carbonyl (C=O) groups excluding carboxylic acids is 1. The van der Waals surface area contributed by atoms with Gasteiger partial charge < -0.3 is 11.1 Å². The molecular formula is C18H26N4O. The van der Waals surface area contributed by atoms with E-state index in [1.165, 1.54) is 16.8 Å². The molecule has 0 bridgehead atoms. The van der Waals surface area contributed by atoms with Crippen molar-refractivity contribution in [3.05, 3.63) is 52.3 Å². The molecule has 0 spiro atoms. The Balaban J connectivity index is 2.06. The summed E-state index contributed by atoms with van der Waals surface area (Å²) in [5.41, 5.74) is 10.9. The molecule has 2 aromatic rings. The molecule has 0 radical (unpaired) electrons. The van der Waals surface area contributed by atoms with Gasteiger partial charge >= 0.3 is 0 Å². The fraction of sp³-hybridized carbons (Fsp3) is 0.444. The third-order valence-electron chi connectivity index (χ3n) is 4.09. The standard InChI is InChI=1S/C18H26N4O/c1-4-22-14(3)17(13(2)21-22)12-15-6-8-16(9-7-15)18(23)20-11-5-10-19/h6-9H,4-5,10-12,19H2,1-3H3,(H,20,23). The molecule has 2 rings (SSSR count). The van der Waals surface area contributed by atoms with Gasteiger partial charge in [-0.1, -0.05) is 12.1 Å². The molecule has 1 heterocycles. The van der Waals surface area contributed by atoms with Crippen LogP contribution in [-0.2, 0) is 13.0 Å². The minimum Gasteiger partial charge on any atom is -0.352 e. The highest BCUT2D eigenvalue weighted by atomic mass is 16.1. The Bertz CT molecular complexity index is 658. The van der Waals surface area contributed by atoms with Crippen LogP contribution in [-0.4, -0.2) is 28.8 Å². The number of aryl methyl sites for hydroxylation is 2. The summed E-state index contributed by atoms with van der Waals surface area (Å²) < 4.78 is 2.03. The smallest absolute Gasteiger partial charge is 0.251 e. The molecule has 3 N–H and O–H groups in total. The molecule has 0 saturated heterocycles. The van der Waals surface area contributed by atoms with E-state index in [2.05, 4.69) is 24.3 Å². The van der Waals surface area contributed by atoms with Crippen LogP contribution in [0, 0.1) is 13.8 Å². The van der Waals surface area contributed by atoms with Crippen molar-refractivity contribution in [1.29, 1.82) is 0 Å². The molecule has 124 valence electrons. The van der Waals surface area contributed by atoms with Crippen LogP contribution in [0.3, 0.4) is 0 Å². The zero-order valence-corrected chi connectivity index (χ0v) is 14.2. The second kappa shape index (κ2) is 7.92. The van der Waals surface area contributed by atoms with Crippen LogP contribution in [0.1, 0.15) is 46.2 Å². The molecule has 0 unspecified atom stereocenters. The first kappa shape index (κ1) is 17.2. The molecule has 0 aliphatic carbocycles. The molecule has 1 amide bonds. The molecule has 5 nitrogen and oxygen atoms in total. The summed E-state index contributed by atoms with van der Waals surface area (Å²) in [4.78, 5) is 12.0. The molecule has 23 heavy (non-hydrogen) atoms. The number of hydrogen-bond acceptors (Lipinski definition) is 3. The summed E-state index contributed by atoms with van der Waals surface area (Å²) in [6, 6.07) is 7.78. The molecule has 1 aromatic heterocycles. The number of rotatable bonds is 7. The quantitative estimate of drug-likeness (QED) is 0.769. The Morgan fingerprint density at radius 1 is 1.26 bits per heavy atom. The molecular weight excluding hydrogens is 288 g/mol. The van der Waals surface area contributed by atoms with Crippen molar-refractivity contribution in [2.75, 3.05) is 13.1 Å². The number of benzene rings is 1. The van der Waals surface area contributed by atoms with E-state index < -0.39 is 0 Å². The van der Waals surface area contributed by atoms with Gasteiger partial charge in [-0.2, -0.15) is 5.10 Å². The Labute approximate surface area is 137 Å². The summed E-state index contributed by atoms with van der Waals surface area (Å²) in [6.45, 7) is 8.34. The number of amides is 1. The van der Waals surface area contributed by atoms with E-state index in [1.54, 1.807) is 0 Å². The lowest BCUT2D eigenvalue weighted by Crippen LogP contribution is -2.25. The van der Waals surface area contributed by atoms with Gasteiger partial charge in [-0.3, -0.25) is 9.48 Å². The number of carbonyl (C=O) groups is 1. The van der Waals surface area contributed by atoms with Gasteiger partial charge in [0.2, 0.25) is 0 Å². The third kappa shape index (κ3) is 4.20. The number of aromatic nitrogens is 2. The highest BCUT2D eigenvalue weighted by Gasteiger charge is 2.11. The first-order valence-corrected chi connectivity index (χ1v) is 8.16. The van der Waals surface area contributed by atoms with Crippen LogP contribution in [0.25, 0.3) is 0 Å². The van der Waals surface area contributed by atoms with Crippen LogP contribution >= 0.6 is 0 Å². The van der Waals surface area contributed by atoms with E-state index in [0.29, 0.717) is 18.7 Å². The van der Waals surface area contributed by atoms with Crippen molar-refractivity contribution in [1.82, 2.24) is 15.1 Å². The highest BCUT2D eigenvalue weighted by Crippen LogP contribution is 2.18.